The van der Waals surface area contributed by atoms with E-state index in [0.29, 0.717) is 25.2 Å². The fourth-order valence-corrected chi connectivity index (χ4v) is 3.19. The molecule has 0 unspecified atom stereocenters. The summed E-state index contributed by atoms with van der Waals surface area (Å²) in [6, 6.07) is 7.63. The van der Waals surface area contributed by atoms with Crippen molar-refractivity contribution < 1.29 is 4.79 Å². The quantitative estimate of drug-likeness (QED) is 0.539. The topological polar surface area (TPSA) is 69.6 Å². The summed E-state index contributed by atoms with van der Waals surface area (Å²) in [6.45, 7) is 8.79. The van der Waals surface area contributed by atoms with Crippen LogP contribution in [0, 0.1) is 6.92 Å². The van der Waals surface area contributed by atoms with E-state index >= 15 is 0 Å². The zero-order valence-corrected chi connectivity index (χ0v) is 17.4. The molecule has 0 bridgehead atoms. The van der Waals surface area contributed by atoms with Gasteiger partial charge in [0.1, 0.15) is 0 Å². The van der Waals surface area contributed by atoms with Crippen LogP contribution in [0.1, 0.15) is 46.9 Å². The number of nitrogens with one attached hydrogen (secondary N) is 2. The van der Waals surface area contributed by atoms with E-state index in [2.05, 4.69) is 32.8 Å². The molecule has 146 valence electrons. The van der Waals surface area contributed by atoms with Crippen LogP contribution < -0.4 is 10.6 Å². The van der Waals surface area contributed by atoms with E-state index < -0.39 is 0 Å². The van der Waals surface area contributed by atoms with E-state index in [9.17, 15) is 4.79 Å². The zero-order chi connectivity index (χ0) is 19.6. The predicted molar refractivity (Wildman–Crippen MR) is 112 cm³/mol. The molecule has 0 atom stereocenters. The summed E-state index contributed by atoms with van der Waals surface area (Å²) in [6.07, 6.45) is 0.923. The third-order valence-corrected chi connectivity index (χ3v) is 4.72. The third kappa shape index (κ3) is 6.67. The van der Waals surface area contributed by atoms with Crippen molar-refractivity contribution in [1.82, 2.24) is 20.5 Å². The van der Waals surface area contributed by atoms with Crippen LogP contribution in [0.25, 0.3) is 0 Å². The molecule has 2 rings (SSSR count). The molecule has 0 aliphatic rings. The second kappa shape index (κ2) is 10.7. The molecule has 0 aliphatic carbocycles. The predicted octanol–water partition coefficient (Wildman–Crippen LogP) is 3.19. The number of hydrogen-bond donors (Lipinski definition) is 2. The number of rotatable bonds is 8. The van der Waals surface area contributed by atoms with Gasteiger partial charge < -0.3 is 15.5 Å². The Morgan fingerprint density at radius 3 is 2.78 bits per heavy atom. The maximum absolute atomic E-state index is 12.1. The van der Waals surface area contributed by atoms with Crippen molar-refractivity contribution >= 4 is 23.2 Å². The average Bonchev–Trinajstić information content (AvgIpc) is 3.07. The van der Waals surface area contributed by atoms with Crippen molar-refractivity contribution in [3.63, 3.8) is 0 Å². The van der Waals surface area contributed by atoms with Gasteiger partial charge >= 0.3 is 0 Å². The Hall–Kier alpha value is -2.41. The van der Waals surface area contributed by atoms with Crippen molar-refractivity contribution in [3.8, 4) is 0 Å². The highest BCUT2D eigenvalue weighted by atomic mass is 32.1. The molecule has 2 N–H and O–H groups in total. The Kier molecular flexibility index (Phi) is 8.26. The van der Waals surface area contributed by atoms with Gasteiger partial charge in [-0.2, -0.15) is 0 Å². The molecule has 1 amide bonds. The first-order valence-corrected chi connectivity index (χ1v) is 10.2. The van der Waals surface area contributed by atoms with Crippen LogP contribution in [0.4, 0.5) is 0 Å². The summed E-state index contributed by atoms with van der Waals surface area (Å²) in [5.74, 6) is 0.787. The van der Waals surface area contributed by atoms with Crippen molar-refractivity contribution in [3.05, 3.63) is 51.5 Å². The maximum atomic E-state index is 12.1. The van der Waals surface area contributed by atoms with Crippen LogP contribution in [0.5, 0.6) is 0 Å². The number of thiazole rings is 1. The van der Waals surface area contributed by atoms with Gasteiger partial charge in [0.05, 0.1) is 23.8 Å². The lowest BCUT2D eigenvalue weighted by molar-refractivity contribution is 0.0953. The molecule has 1 aromatic carbocycles. The van der Waals surface area contributed by atoms with E-state index in [4.69, 9.17) is 4.99 Å². The third-order valence-electron chi connectivity index (χ3n) is 3.90. The summed E-state index contributed by atoms with van der Waals surface area (Å²) < 4.78 is 0. The van der Waals surface area contributed by atoms with Gasteiger partial charge in [-0.05, 0) is 38.0 Å². The highest BCUT2D eigenvalue weighted by molar-refractivity contribution is 7.09. The van der Waals surface area contributed by atoms with E-state index in [1.54, 1.807) is 11.3 Å². The normalized spacial score (nSPS) is 11.3. The first-order valence-electron chi connectivity index (χ1n) is 9.31. The lowest BCUT2D eigenvalue weighted by Crippen LogP contribution is -2.38. The van der Waals surface area contributed by atoms with Crippen molar-refractivity contribution in [2.75, 3.05) is 20.1 Å². The molecule has 0 saturated heterocycles. The Bertz CT molecular complexity index is 771. The number of aliphatic imine (C=N–C) groups is 1. The standard InChI is InChI=1S/C20H29N5OS/c1-5-10-22-19(26)17-9-7-8-16(11-17)12-23-20(21-6-2)25(4)13-18-14-27-15(3)24-18/h7-9,11,14H,5-6,10,12-13H2,1-4H3,(H,21,23)(H,22,26). The lowest BCUT2D eigenvalue weighted by Gasteiger charge is -2.21. The number of carbonyl (C=O) groups is 1. The molecule has 0 saturated carbocycles. The minimum Gasteiger partial charge on any atom is -0.357 e. The smallest absolute Gasteiger partial charge is 0.251 e. The number of hydrogen-bond acceptors (Lipinski definition) is 4. The summed E-state index contributed by atoms with van der Waals surface area (Å²) in [5.41, 5.74) is 2.72. The average molecular weight is 388 g/mol. The van der Waals surface area contributed by atoms with Gasteiger partial charge in [0.15, 0.2) is 5.96 Å². The van der Waals surface area contributed by atoms with E-state index in [-0.39, 0.29) is 5.91 Å². The van der Waals surface area contributed by atoms with Crippen molar-refractivity contribution in [2.45, 2.75) is 40.3 Å². The van der Waals surface area contributed by atoms with Crippen LogP contribution in [0.3, 0.4) is 0 Å². The molecule has 1 heterocycles. The first-order chi connectivity index (χ1) is 13.0. The molecule has 1 aromatic heterocycles. The Balaban J connectivity index is 2.06. The van der Waals surface area contributed by atoms with Crippen LogP contribution in [0.2, 0.25) is 0 Å². The molecule has 7 heteroatoms. The molecular formula is C20H29N5OS. The second-order valence-corrected chi connectivity index (χ2v) is 7.40. The summed E-state index contributed by atoms with van der Waals surface area (Å²) in [5, 5.41) is 9.37. The maximum Gasteiger partial charge on any atom is 0.251 e. The highest BCUT2D eigenvalue weighted by Crippen LogP contribution is 2.11. The molecule has 0 radical (unpaired) electrons. The van der Waals surface area contributed by atoms with E-state index in [0.717, 1.165) is 35.2 Å². The fraction of sp³-hybridized carbons (Fsp3) is 0.450. The van der Waals surface area contributed by atoms with Crippen LogP contribution >= 0.6 is 11.3 Å². The van der Waals surface area contributed by atoms with Gasteiger partial charge in [-0.25, -0.2) is 9.98 Å². The van der Waals surface area contributed by atoms with Gasteiger partial charge in [0, 0.05) is 31.1 Å². The number of nitrogens with zero attached hydrogens (tertiary/aromatic N) is 3. The molecular weight excluding hydrogens is 358 g/mol. The van der Waals surface area contributed by atoms with E-state index in [1.807, 2.05) is 45.2 Å². The number of guanidine groups is 1. The zero-order valence-electron chi connectivity index (χ0n) is 16.6. The fourth-order valence-electron chi connectivity index (χ4n) is 2.59. The van der Waals surface area contributed by atoms with Crippen LogP contribution in [-0.2, 0) is 13.1 Å². The van der Waals surface area contributed by atoms with Gasteiger partial charge in [-0.1, -0.05) is 19.1 Å². The SMILES string of the molecule is CCCNC(=O)c1cccc(CN=C(NCC)N(C)Cc2csc(C)n2)c1. The number of amides is 1. The van der Waals surface area contributed by atoms with Crippen molar-refractivity contribution in [2.24, 2.45) is 4.99 Å². The number of benzene rings is 1. The van der Waals surface area contributed by atoms with Crippen LogP contribution in [0.15, 0.2) is 34.6 Å². The van der Waals surface area contributed by atoms with Gasteiger partial charge in [0.25, 0.3) is 5.91 Å². The van der Waals surface area contributed by atoms with Crippen molar-refractivity contribution in [1.29, 1.82) is 0 Å². The Morgan fingerprint density at radius 2 is 2.11 bits per heavy atom. The Labute approximate surface area is 165 Å². The lowest BCUT2D eigenvalue weighted by atomic mass is 10.1. The number of carbonyl (C=O) groups excluding carboxylic acids is 1. The van der Waals surface area contributed by atoms with E-state index in [1.165, 1.54) is 0 Å². The molecule has 0 fully saturated rings. The molecule has 6 nitrogen and oxygen atoms in total. The van der Waals surface area contributed by atoms with Gasteiger partial charge in [-0.3, -0.25) is 4.79 Å². The second-order valence-electron chi connectivity index (χ2n) is 6.34. The number of aromatic nitrogens is 1. The van der Waals surface area contributed by atoms with Gasteiger partial charge in [0.2, 0.25) is 0 Å². The molecule has 2 aromatic rings. The van der Waals surface area contributed by atoms with Crippen LogP contribution in [-0.4, -0.2) is 41.9 Å². The minimum atomic E-state index is -0.0365. The minimum absolute atomic E-state index is 0.0365. The largest absolute Gasteiger partial charge is 0.357 e. The van der Waals surface area contributed by atoms with Gasteiger partial charge in [-0.15, -0.1) is 11.3 Å². The number of aryl methyl sites for hydroxylation is 1. The summed E-state index contributed by atoms with van der Waals surface area (Å²) >= 11 is 1.66. The Morgan fingerprint density at radius 1 is 1.30 bits per heavy atom. The summed E-state index contributed by atoms with van der Waals surface area (Å²) in [4.78, 5) is 23.4. The highest BCUT2D eigenvalue weighted by Gasteiger charge is 2.09. The molecule has 0 aliphatic heterocycles. The monoisotopic (exact) mass is 387 g/mol. The molecule has 0 spiro atoms. The molecule has 27 heavy (non-hydrogen) atoms. The first kappa shape index (κ1) is 20.9. The summed E-state index contributed by atoms with van der Waals surface area (Å²) in [7, 11) is 2.00.